The maximum Gasteiger partial charge on any atom is 0.274 e. The van der Waals surface area contributed by atoms with Gasteiger partial charge in [-0.15, -0.1) is 0 Å². The van der Waals surface area contributed by atoms with Crippen molar-refractivity contribution in [1.82, 2.24) is 25.1 Å². The Morgan fingerprint density at radius 1 is 0.865 bits per heavy atom. The molecule has 0 atom stereocenters. The number of aromatic amines is 1. The van der Waals surface area contributed by atoms with Gasteiger partial charge in [0.2, 0.25) is 0 Å². The maximum atomic E-state index is 12.5. The Balaban J connectivity index is 0.00000280. The van der Waals surface area contributed by atoms with E-state index in [2.05, 4.69) is 58.5 Å². The molecule has 9 nitrogen and oxygen atoms in total. The normalized spacial score (nSPS) is 13.3. The summed E-state index contributed by atoms with van der Waals surface area (Å²) in [5.74, 6) is 0.726. The summed E-state index contributed by atoms with van der Waals surface area (Å²) in [5.41, 5.74) is 5.25. The first-order valence-electron chi connectivity index (χ1n) is 11.8. The van der Waals surface area contributed by atoms with Crippen LogP contribution in [0.1, 0.15) is 17.9 Å². The van der Waals surface area contributed by atoms with E-state index in [0.29, 0.717) is 5.69 Å². The SMILES string of the molecule is C.O=C(Nc1cccc(N2CCN(c3ncnc4ccc(-c5cn[nH]c5)cc34)CC2)c1)c1ccccn1. The number of amides is 1. The number of rotatable bonds is 5. The molecule has 0 radical (unpaired) electrons. The van der Waals surface area contributed by atoms with E-state index in [-0.39, 0.29) is 13.3 Å². The summed E-state index contributed by atoms with van der Waals surface area (Å²) in [4.78, 5) is 30.4. The highest BCUT2D eigenvalue weighted by Gasteiger charge is 2.21. The molecule has 5 aromatic rings. The number of carbonyl (C=O) groups is 1. The summed E-state index contributed by atoms with van der Waals surface area (Å²) in [5, 5.41) is 10.9. The van der Waals surface area contributed by atoms with Crippen LogP contribution in [0.15, 0.2) is 85.6 Å². The lowest BCUT2D eigenvalue weighted by atomic mass is 10.1. The van der Waals surface area contributed by atoms with Crippen LogP contribution in [0.25, 0.3) is 22.0 Å². The molecule has 186 valence electrons. The van der Waals surface area contributed by atoms with E-state index in [1.54, 1.807) is 30.7 Å². The second kappa shape index (κ2) is 10.4. The Labute approximate surface area is 215 Å². The van der Waals surface area contributed by atoms with E-state index in [9.17, 15) is 4.79 Å². The third-order valence-corrected chi connectivity index (χ3v) is 6.39. The van der Waals surface area contributed by atoms with Crippen molar-refractivity contribution < 1.29 is 4.79 Å². The number of H-pyrrole nitrogens is 1. The van der Waals surface area contributed by atoms with Gasteiger partial charge in [0, 0.05) is 60.9 Å². The molecule has 1 aliphatic rings. The van der Waals surface area contributed by atoms with Crippen molar-refractivity contribution in [2.45, 2.75) is 7.43 Å². The lowest BCUT2D eigenvalue weighted by Crippen LogP contribution is -2.47. The Hall–Kier alpha value is -4.79. The molecule has 0 spiro atoms. The van der Waals surface area contributed by atoms with Crippen molar-refractivity contribution >= 4 is 34.0 Å². The standard InChI is InChI=1S/C27H24N8O.CH4/c36-27(25-6-1-2-9-28-25)33-21-4-3-5-22(15-21)34-10-12-35(13-11-34)26-23-14-19(20-16-31-32-17-20)7-8-24(23)29-18-30-26;/h1-9,14-18H,10-13H2,(H,31,32)(H,33,36);1H4. The summed E-state index contributed by atoms with van der Waals surface area (Å²) in [6.45, 7) is 3.33. The molecule has 3 aromatic heterocycles. The topological polar surface area (TPSA) is 103 Å². The Morgan fingerprint density at radius 2 is 1.73 bits per heavy atom. The number of anilines is 3. The molecule has 1 saturated heterocycles. The van der Waals surface area contributed by atoms with E-state index in [1.165, 1.54) is 0 Å². The third-order valence-electron chi connectivity index (χ3n) is 6.39. The lowest BCUT2D eigenvalue weighted by molar-refractivity contribution is 0.102. The Kier molecular flexibility index (Phi) is 6.76. The Morgan fingerprint density at radius 3 is 2.51 bits per heavy atom. The quantitative estimate of drug-likeness (QED) is 0.369. The zero-order valence-electron chi connectivity index (χ0n) is 19.5. The molecule has 4 heterocycles. The van der Waals surface area contributed by atoms with Gasteiger partial charge in [0.05, 0.1) is 11.7 Å². The molecule has 1 amide bonds. The number of piperazine rings is 1. The largest absolute Gasteiger partial charge is 0.368 e. The maximum absolute atomic E-state index is 12.5. The van der Waals surface area contributed by atoms with Gasteiger partial charge in [0.25, 0.3) is 5.91 Å². The van der Waals surface area contributed by atoms with Gasteiger partial charge >= 0.3 is 0 Å². The van der Waals surface area contributed by atoms with Crippen LogP contribution < -0.4 is 15.1 Å². The first-order chi connectivity index (χ1) is 17.7. The smallest absolute Gasteiger partial charge is 0.274 e. The highest BCUT2D eigenvalue weighted by Crippen LogP contribution is 2.30. The van der Waals surface area contributed by atoms with Crippen molar-refractivity contribution in [3.8, 4) is 11.1 Å². The van der Waals surface area contributed by atoms with Crippen LogP contribution in [0.4, 0.5) is 17.2 Å². The summed E-state index contributed by atoms with van der Waals surface area (Å²) < 4.78 is 0. The van der Waals surface area contributed by atoms with Crippen LogP contribution in [0.3, 0.4) is 0 Å². The van der Waals surface area contributed by atoms with Crippen LogP contribution >= 0.6 is 0 Å². The van der Waals surface area contributed by atoms with Gasteiger partial charge in [-0.1, -0.05) is 25.6 Å². The number of hydrogen-bond acceptors (Lipinski definition) is 7. The van der Waals surface area contributed by atoms with E-state index in [1.807, 2.05) is 36.7 Å². The molecule has 2 N–H and O–H groups in total. The van der Waals surface area contributed by atoms with Crippen LogP contribution in [0.2, 0.25) is 0 Å². The molecule has 1 fully saturated rings. The average molecular weight is 493 g/mol. The number of nitrogens with zero attached hydrogens (tertiary/aromatic N) is 6. The third kappa shape index (κ3) is 4.97. The molecule has 6 rings (SSSR count). The Bertz CT molecular complexity index is 1500. The van der Waals surface area contributed by atoms with Crippen molar-refractivity contribution in [2.75, 3.05) is 41.3 Å². The van der Waals surface area contributed by atoms with Crippen molar-refractivity contribution in [3.63, 3.8) is 0 Å². The fourth-order valence-corrected chi connectivity index (χ4v) is 4.53. The minimum absolute atomic E-state index is 0. The number of pyridine rings is 1. The van der Waals surface area contributed by atoms with E-state index < -0.39 is 0 Å². The zero-order valence-corrected chi connectivity index (χ0v) is 19.5. The predicted octanol–water partition coefficient (Wildman–Crippen LogP) is 4.63. The van der Waals surface area contributed by atoms with Crippen LogP contribution in [0, 0.1) is 0 Å². The summed E-state index contributed by atoms with van der Waals surface area (Å²) in [6.07, 6.45) is 6.95. The fourth-order valence-electron chi connectivity index (χ4n) is 4.53. The molecule has 9 heteroatoms. The number of benzene rings is 2. The van der Waals surface area contributed by atoms with Gasteiger partial charge in [-0.05, 0) is 48.0 Å². The highest BCUT2D eigenvalue weighted by molar-refractivity contribution is 6.03. The molecule has 0 saturated carbocycles. The lowest BCUT2D eigenvalue weighted by Gasteiger charge is -2.37. The van der Waals surface area contributed by atoms with Gasteiger partial charge in [-0.2, -0.15) is 5.10 Å². The molecule has 0 bridgehead atoms. The van der Waals surface area contributed by atoms with Gasteiger partial charge in [0.15, 0.2) is 0 Å². The average Bonchev–Trinajstić information content (AvgIpc) is 3.48. The van der Waals surface area contributed by atoms with Gasteiger partial charge in [-0.3, -0.25) is 14.9 Å². The molecule has 1 aliphatic heterocycles. The van der Waals surface area contributed by atoms with E-state index in [0.717, 1.165) is 65.4 Å². The highest BCUT2D eigenvalue weighted by atomic mass is 16.1. The molecule has 0 unspecified atom stereocenters. The minimum Gasteiger partial charge on any atom is -0.368 e. The molecule has 2 aromatic carbocycles. The zero-order chi connectivity index (χ0) is 24.3. The molecular formula is C28H28N8O. The minimum atomic E-state index is -0.219. The van der Waals surface area contributed by atoms with E-state index >= 15 is 0 Å². The predicted molar refractivity (Wildman–Crippen MR) is 147 cm³/mol. The van der Waals surface area contributed by atoms with Crippen LogP contribution in [-0.4, -0.2) is 57.2 Å². The molecule has 37 heavy (non-hydrogen) atoms. The number of carbonyl (C=O) groups excluding carboxylic acids is 1. The molecular weight excluding hydrogens is 464 g/mol. The number of aromatic nitrogens is 5. The van der Waals surface area contributed by atoms with Crippen molar-refractivity contribution in [2.24, 2.45) is 0 Å². The van der Waals surface area contributed by atoms with Gasteiger partial charge < -0.3 is 15.1 Å². The second-order valence-corrected chi connectivity index (χ2v) is 8.61. The number of hydrogen-bond donors (Lipinski definition) is 2. The van der Waals surface area contributed by atoms with Crippen molar-refractivity contribution in [3.05, 3.63) is 91.3 Å². The first kappa shape index (κ1) is 23.9. The number of fused-ring (bicyclic) bond motifs is 1. The van der Waals surface area contributed by atoms with Crippen LogP contribution in [0.5, 0.6) is 0 Å². The van der Waals surface area contributed by atoms with Crippen molar-refractivity contribution in [1.29, 1.82) is 0 Å². The van der Waals surface area contributed by atoms with E-state index in [4.69, 9.17) is 0 Å². The number of nitrogens with one attached hydrogen (secondary N) is 2. The first-order valence-corrected chi connectivity index (χ1v) is 11.8. The molecule has 0 aliphatic carbocycles. The van der Waals surface area contributed by atoms with Gasteiger partial charge in [0.1, 0.15) is 17.8 Å². The summed E-state index contributed by atoms with van der Waals surface area (Å²) in [6, 6.07) is 19.5. The van der Waals surface area contributed by atoms with Crippen LogP contribution in [-0.2, 0) is 0 Å². The monoisotopic (exact) mass is 492 g/mol. The summed E-state index contributed by atoms with van der Waals surface area (Å²) in [7, 11) is 0. The second-order valence-electron chi connectivity index (χ2n) is 8.61. The van der Waals surface area contributed by atoms with Gasteiger partial charge in [-0.25, -0.2) is 9.97 Å². The fraction of sp³-hybridized carbons (Fsp3) is 0.179. The summed E-state index contributed by atoms with van der Waals surface area (Å²) >= 11 is 0.